The zero-order valence-corrected chi connectivity index (χ0v) is 14.9. The number of hydrogen-bond donors (Lipinski definition) is 0. The minimum absolute atomic E-state index is 0.125. The maximum atomic E-state index is 13.5. The van der Waals surface area contributed by atoms with Gasteiger partial charge in [-0.05, 0) is 37.0 Å². The molecule has 8 heteroatoms. The van der Waals surface area contributed by atoms with Crippen molar-refractivity contribution in [1.82, 2.24) is 4.31 Å². The molecule has 0 unspecified atom stereocenters. The quantitative estimate of drug-likeness (QED) is 0.662. The van der Waals surface area contributed by atoms with Crippen molar-refractivity contribution in [3.63, 3.8) is 0 Å². The van der Waals surface area contributed by atoms with Gasteiger partial charge in [-0.3, -0.25) is 0 Å². The van der Waals surface area contributed by atoms with Crippen LogP contribution < -0.4 is 4.74 Å². The molecule has 0 spiro atoms. The Hall–Kier alpha value is -1.22. The Balaban J connectivity index is 1.99. The van der Waals surface area contributed by atoms with Crippen LogP contribution in [0.2, 0.25) is 0 Å². The number of benzene rings is 1. The van der Waals surface area contributed by atoms with Gasteiger partial charge >= 0.3 is 0 Å². The summed E-state index contributed by atoms with van der Waals surface area (Å²) < 4.78 is 55.9. The molecule has 1 aliphatic rings. The summed E-state index contributed by atoms with van der Waals surface area (Å²) in [6, 6.07) is 3.52. The maximum absolute atomic E-state index is 13.5. The van der Waals surface area contributed by atoms with Crippen LogP contribution in [-0.2, 0) is 19.5 Å². The Bertz CT molecular complexity index is 629. The monoisotopic (exact) mass is 361 g/mol. The Labute approximate surface area is 142 Å². The molecular weight excluding hydrogens is 337 g/mol. The van der Waals surface area contributed by atoms with Crippen molar-refractivity contribution in [3.8, 4) is 5.75 Å². The molecule has 0 aliphatic carbocycles. The molecule has 1 aromatic rings. The van der Waals surface area contributed by atoms with Gasteiger partial charge < -0.3 is 14.2 Å². The summed E-state index contributed by atoms with van der Waals surface area (Å²) in [6.45, 7) is 2.46. The van der Waals surface area contributed by atoms with Crippen molar-refractivity contribution in [2.45, 2.75) is 17.7 Å². The van der Waals surface area contributed by atoms with Gasteiger partial charge in [0.2, 0.25) is 10.0 Å². The van der Waals surface area contributed by atoms with Gasteiger partial charge in [0.1, 0.15) is 16.5 Å². The summed E-state index contributed by atoms with van der Waals surface area (Å²) in [4.78, 5) is -0.125. The van der Waals surface area contributed by atoms with Gasteiger partial charge in [0.25, 0.3) is 0 Å². The third-order valence-electron chi connectivity index (χ3n) is 4.10. The molecule has 0 aromatic heterocycles. The molecule has 24 heavy (non-hydrogen) atoms. The first-order chi connectivity index (χ1) is 11.5. The molecule has 0 amide bonds. The van der Waals surface area contributed by atoms with Crippen LogP contribution in [0.5, 0.6) is 5.75 Å². The van der Waals surface area contributed by atoms with Crippen LogP contribution in [0.15, 0.2) is 23.1 Å². The number of piperidine rings is 1. The number of hydrogen-bond acceptors (Lipinski definition) is 5. The molecule has 0 atom stereocenters. The van der Waals surface area contributed by atoms with E-state index in [-0.39, 0.29) is 10.6 Å². The fourth-order valence-corrected chi connectivity index (χ4v) is 4.34. The molecule has 0 saturated carbocycles. The predicted molar refractivity (Wildman–Crippen MR) is 87.1 cm³/mol. The number of halogens is 1. The first-order valence-electron chi connectivity index (χ1n) is 7.89. The molecule has 136 valence electrons. The Kier molecular flexibility index (Phi) is 6.97. The topological polar surface area (TPSA) is 65.1 Å². The van der Waals surface area contributed by atoms with Crippen LogP contribution in [0.25, 0.3) is 0 Å². The Morgan fingerprint density at radius 3 is 2.54 bits per heavy atom. The molecule has 0 bridgehead atoms. The summed E-state index contributed by atoms with van der Waals surface area (Å²) in [6.07, 6.45) is 1.42. The van der Waals surface area contributed by atoms with Gasteiger partial charge in [0.05, 0.1) is 20.3 Å². The van der Waals surface area contributed by atoms with Gasteiger partial charge in [0.15, 0.2) is 0 Å². The normalized spacial score (nSPS) is 17.1. The largest absolute Gasteiger partial charge is 0.495 e. The highest BCUT2D eigenvalue weighted by molar-refractivity contribution is 7.89. The Morgan fingerprint density at radius 1 is 1.21 bits per heavy atom. The van der Waals surface area contributed by atoms with E-state index in [1.807, 2.05) is 0 Å². The second-order valence-corrected chi connectivity index (χ2v) is 7.62. The van der Waals surface area contributed by atoms with Crippen LogP contribution in [0.3, 0.4) is 0 Å². The lowest BCUT2D eigenvalue weighted by Gasteiger charge is -2.31. The van der Waals surface area contributed by atoms with Crippen molar-refractivity contribution < 1.29 is 27.0 Å². The third kappa shape index (κ3) is 4.66. The van der Waals surface area contributed by atoms with E-state index in [1.165, 1.54) is 23.5 Å². The van der Waals surface area contributed by atoms with Crippen molar-refractivity contribution in [1.29, 1.82) is 0 Å². The second-order valence-electron chi connectivity index (χ2n) is 5.71. The van der Waals surface area contributed by atoms with E-state index in [4.69, 9.17) is 14.2 Å². The zero-order chi connectivity index (χ0) is 17.6. The highest BCUT2D eigenvalue weighted by Gasteiger charge is 2.31. The van der Waals surface area contributed by atoms with Crippen molar-refractivity contribution in [2.75, 3.05) is 47.1 Å². The smallest absolute Gasteiger partial charge is 0.246 e. The number of methoxy groups -OCH3 is 2. The number of sulfonamides is 1. The first kappa shape index (κ1) is 19.1. The minimum Gasteiger partial charge on any atom is -0.495 e. The average Bonchev–Trinajstić information content (AvgIpc) is 2.59. The molecule has 0 radical (unpaired) electrons. The highest BCUT2D eigenvalue weighted by atomic mass is 32.2. The van der Waals surface area contributed by atoms with E-state index >= 15 is 0 Å². The van der Waals surface area contributed by atoms with Crippen LogP contribution in [-0.4, -0.2) is 59.9 Å². The SMILES string of the molecule is COCCOCC1CCN(S(=O)(=O)c2cc(F)ccc2OC)CC1. The summed E-state index contributed by atoms with van der Waals surface area (Å²) in [7, 11) is -0.783. The molecule has 1 aromatic carbocycles. The second kappa shape index (κ2) is 8.75. The van der Waals surface area contributed by atoms with Gasteiger partial charge in [-0.1, -0.05) is 0 Å². The van der Waals surface area contributed by atoms with E-state index in [0.29, 0.717) is 51.7 Å². The molecule has 1 fully saturated rings. The molecule has 2 rings (SSSR count). The standard InChI is InChI=1S/C16H24FNO5S/c1-21-9-10-23-12-13-5-7-18(8-6-13)24(19,20)16-11-14(17)3-4-15(16)22-2/h3-4,11,13H,5-10,12H2,1-2H3. The summed E-state index contributed by atoms with van der Waals surface area (Å²) in [5.41, 5.74) is 0. The molecule has 1 heterocycles. The number of rotatable bonds is 8. The molecule has 6 nitrogen and oxygen atoms in total. The van der Waals surface area contributed by atoms with Gasteiger partial charge in [-0.25, -0.2) is 12.8 Å². The number of nitrogens with zero attached hydrogens (tertiary/aromatic N) is 1. The van der Waals surface area contributed by atoms with Gasteiger partial charge in [-0.2, -0.15) is 4.31 Å². The lowest BCUT2D eigenvalue weighted by atomic mass is 9.99. The molecule has 1 aliphatic heterocycles. The first-order valence-corrected chi connectivity index (χ1v) is 9.33. The van der Waals surface area contributed by atoms with Crippen molar-refractivity contribution in [3.05, 3.63) is 24.0 Å². The van der Waals surface area contributed by atoms with E-state index in [2.05, 4.69) is 0 Å². The summed E-state index contributed by atoms with van der Waals surface area (Å²) in [5.74, 6) is -0.125. The van der Waals surface area contributed by atoms with E-state index in [1.54, 1.807) is 7.11 Å². The Morgan fingerprint density at radius 2 is 1.92 bits per heavy atom. The lowest BCUT2D eigenvalue weighted by molar-refractivity contribution is 0.0410. The van der Waals surface area contributed by atoms with Gasteiger partial charge in [-0.15, -0.1) is 0 Å². The lowest BCUT2D eigenvalue weighted by Crippen LogP contribution is -2.39. The predicted octanol–water partition coefficient (Wildman–Crippen LogP) is 1.90. The van der Waals surface area contributed by atoms with Crippen molar-refractivity contribution in [2.24, 2.45) is 5.92 Å². The fraction of sp³-hybridized carbons (Fsp3) is 0.625. The summed E-state index contributed by atoms with van der Waals surface area (Å²) in [5, 5.41) is 0. The average molecular weight is 361 g/mol. The third-order valence-corrected chi connectivity index (χ3v) is 6.02. The zero-order valence-electron chi connectivity index (χ0n) is 14.0. The molecular formula is C16H24FNO5S. The minimum atomic E-state index is -3.77. The highest BCUT2D eigenvalue weighted by Crippen LogP contribution is 2.30. The van der Waals surface area contributed by atoms with Crippen LogP contribution >= 0.6 is 0 Å². The van der Waals surface area contributed by atoms with Crippen LogP contribution in [0.1, 0.15) is 12.8 Å². The number of ether oxygens (including phenoxy) is 3. The van der Waals surface area contributed by atoms with E-state index in [9.17, 15) is 12.8 Å². The van der Waals surface area contributed by atoms with E-state index in [0.717, 1.165) is 6.07 Å². The summed E-state index contributed by atoms with van der Waals surface area (Å²) >= 11 is 0. The molecule has 1 saturated heterocycles. The van der Waals surface area contributed by atoms with Crippen LogP contribution in [0, 0.1) is 11.7 Å². The fourth-order valence-electron chi connectivity index (χ4n) is 2.70. The van der Waals surface area contributed by atoms with E-state index < -0.39 is 15.8 Å². The molecule has 0 N–H and O–H groups in total. The van der Waals surface area contributed by atoms with Gasteiger partial charge in [0, 0.05) is 26.8 Å². The van der Waals surface area contributed by atoms with Crippen LogP contribution in [0.4, 0.5) is 4.39 Å². The van der Waals surface area contributed by atoms with Crippen molar-refractivity contribution >= 4 is 10.0 Å². The maximum Gasteiger partial charge on any atom is 0.246 e.